The van der Waals surface area contributed by atoms with Crippen LogP contribution in [0.25, 0.3) is 0 Å². The van der Waals surface area contributed by atoms with E-state index in [0.29, 0.717) is 0 Å². The second kappa shape index (κ2) is 4.89. The van der Waals surface area contributed by atoms with Crippen molar-refractivity contribution in [3.05, 3.63) is 0 Å². The Labute approximate surface area is 92.4 Å². The summed E-state index contributed by atoms with van der Waals surface area (Å²) in [4.78, 5) is 0. The molecule has 0 saturated heterocycles. The molecule has 82 valence electrons. The second-order valence-electron chi connectivity index (χ2n) is 4.99. The highest BCUT2D eigenvalue weighted by atomic mass is 32.2. The lowest BCUT2D eigenvalue weighted by molar-refractivity contribution is 0.223. The molecule has 0 aromatic carbocycles. The van der Waals surface area contributed by atoms with Crippen LogP contribution in [0, 0.1) is 5.92 Å². The summed E-state index contributed by atoms with van der Waals surface area (Å²) in [6, 6.07) is 1.65. The predicted octanol–water partition coefficient (Wildman–Crippen LogP) is 3.05. The fourth-order valence-electron chi connectivity index (χ4n) is 2.78. The minimum absolute atomic E-state index is 0.823. The largest absolute Gasteiger partial charge is 0.310 e. The van der Waals surface area contributed by atoms with E-state index >= 15 is 0 Å². The molecule has 2 aliphatic carbocycles. The van der Waals surface area contributed by atoms with Crippen molar-refractivity contribution >= 4 is 11.8 Å². The van der Waals surface area contributed by atoms with E-state index in [4.69, 9.17) is 0 Å². The van der Waals surface area contributed by atoms with Gasteiger partial charge in [0.15, 0.2) is 0 Å². The summed E-state index contributed by atoms with van der Waals surface area (Å²) in [6.45, 7) is 2.42. The third kappa shape index (κ3) is 2.27. The molecule has 14 heavy (non-hydrogen) atoms. The standard InChI is InChI=1S/C12H23NS/c1-9-5-3-4-6-10(9)13-11-7-8-12(11)14-2/h9-13H,3-8H2,1-2H3. The third-order valence-electron chi connectivity index (χ3n) is 4.05. The molecular formula is C12H23NS. The lowest BCUT2D eigenvalue weighted by atomic mass is 9.83. The van der Waals surface area contributed by atoms with Gasteiger partial charge in [0.2, 0.25) is 0 Å². The van der Waals surface area contributed by atoms with Crippen LogP contribution in [0.4, 0.5) is 0 Å². The van der Waals surface area contributed by atoms with Gasteiger partial charge in [0.05, 0.1) is 0 Å². The van der Waals surface area contributed by atoms with Gasteiger partial charge in [-0.25, -0.2) is 0 Å². The normalized spacial score (nSPS) is 43.3. The fourth-order valence-corrected chi connectivity index (χ4v) is 3.70. The number of hydrogen-bond acceptors (Lipinski definition) is 2. The van der Waals surface area contributed by atoms with E-state index < -0.39 is 0 Å². The Morgan fingerprint density at radius 1 is 1.00 bits per heavy atom. The van der Waals surface area contributed by atoms with Crippen molar-refractivity contribution in [2.45, 2.75) is 62.8 Å². The molecule has 2 heteroatoms. The Hall–Kier alpha value is 0.310. The van der Waals surface area contributed by atoms with Crippen LogP contribution >= 0.6 is 11.8 Å². The van der Waals surface area contributed by atoms with Crippen LogP contribution in [0.2, 0.25) is 0 Å². The lowest BCUT2D eigenvalue weighted by Gasteiger charge is -2.41. The highest BCUT2D eigenvalue weighted by molar-refractivity contribution is 7.99. The van der Waals surface area contributed by atoms with Gasteiger partial charge >= 0.3 is 0 Å². The monoisotopic (exact) mass is 213 g/mol. The molecule has 2 rings (SSSR count). The van der Waals surface area contributed by atoms with Gasteiger partial charge in [-0.15, -0.1) is 0 Å². The van der Waals surface area contributed by atoms with Crippen molar-refractivity contribution in [3.63, 3.8) is 0 Å². The van der Waals surface area contributed by atoms with Crippen molar-refractivity contribution < 1.29 is 0 Å². The van der Waals surface area contributed by atoms with Gasteiger partial charge < -0.3 is 5.32 Å². The molecule has 0 aliphatic heterocycles. The minimum Gasteiger partial charge on any atom is -0.310 e. The molecule has 4 unspecified atom stereocenters. The Morgan fingerprint density at radius 3 is 2.36 bits per heavy atom. The van der Waals surface area contributed by atoms with Gasteiger partial charge in [-0.2, -0.15) is 11.8 Å². The van der Waals surface area contributed by atoms with Crippen molar-refractivity contribution in [3.8, 4) is 0 Å². The summed E-state index contributed by atoms with van der Waals surface area (Å²) >= 11 is 2.05. The van der Waals surface area contributed by atoms with E-state index in [2.05, 4.69) is 18.5 Å². The Kier molecular flexibility index (Phi) is 3.78. The molecule has 0 heterocycles. The maximum absolute atomic E-state index is 3.89. The van der Waals surface area contributed by atoms with Crippen LogP contribution in [0.5, 0.6) is 0 Å². The molecule has 0 aromatic heterocycles. The van der Waals surface area contributed by atoms with Crippen molar-refractivity contribution in [2.24, 2.45) is 5.92 Å². The molecule has 0 aromatic rings. The zero-order chi connectivity index (χ0) is 9.97. The number of hydrogen-bond donors (Lipinski definition) is 1. The SMILES string of the molecule is CSC1CCC1NC1CCCCC1C. The summed E-state index contributed by atoms with van der Waals surface area (Å²) < 4.78 is 0. The van der Waals surface area contributed by atoms with E-state index in [1.54, 1.807) is 0 Å². The van der Waals surface area contributed by atoms with E-state index in [-0.39, 0.29) is 0 Å². The van der Waals surface area contributed by atoms with E-state index in [0.717, 1.165) is 23.3 Å². The predicted molar refractivity (Wildman–Crippen MR) is 64.9 cm³/mol. The number of nitrogens with one attached hydrogen (secondary N) is 1. The smallest absolute Gasteiger partial charge is 0.0199 e. The number of thioether (sulfide) groups is 1. The summed E-state index contributed by atoms with van der Waals surface area (Å²) in [5, 5.41) is 4.79. The minimum atomic E-state index is 0.823. The quantitative estimate of drug-likeness (QED) is 0.773. The van der Waals surface area contributed by atoms with Gasteiger partial charge in [-0.3, -0.25) is 0 Å². The highest BCUT2D eigenvalue weighted by Crippen LogP contribution is 2.33. The van der Waals surface area contributed by atoms with Crippen molar-refractivity contribution in [1.29, 1.82) is 0 Å². The Balaban J connectivity index is 1.78. The van der Waals surface area contributed by atoms with Crippen LogP contribution in [0.15, 0.2) is 0 Å². The molecule has 1 nitrogen and oxygen atoms in total. The summed E-state index contributed by atoms with van der Waals surface area (Å²) in [7, 11) is 0. The summed E-state index contributed by atoms with van der Waals surface area (Å²) in [5.74, 6) is 0.909. The van der Waals surface area contributed by atoms with E-state index in [1.165, 1.54) is 38.5 Å². The molecular weight excluding hydrogens is 190 g/mol. The first-order valence-electron chi connectivity index (χ1n) is 6.10. The fraction of sp³-hybridized carbons (Fsp3) is 1.00. The van der Waals surface area contributed by atoms with Crippen LogP contribution in [-0.4, -0.2) is 23.6 Å². The molecule has 0 spiro atoms. The van der Waals surface area contributed by atoms with Crippen molar-refractivity contribution in [1.82, 2.24) is 5.32 Å². The topological polar surface area (TPSA) is 12.0 Å². The first-order chi connectivity index (χ1) is 6.81. The maximum atomic E-state index is 3.89. The van der Waals surface area contributed by atoms with Crippen LogP contribution in [0.3, 0.4) is 0 Å². The first-order valence-corrected chi connectivity index (χ1v) is 7.39. The molecule has 2 fully saturated rings. The average Bonchev–Trinajstić information content (AvgIpc) is 2.15. The molecule has 0 amide bonds. The number of rotatable bonds is 3. The van der Waals surface area contributed by atoms with Gasteiger partial charge in [-0.1, -0.05) is 19.8 Å². The second-order valence-corrected chi connectivity index (χ2v) is 6.07. The highest BCUT2D eigenvalue weighted by Gasteiger charge is 2.33. The van der Waals surface area contributed by atoms with Crippen LogP contribution < -0.4 is 5.32 Å². The molecule has 2 aliphatic rings. The molecule has 0 radical (unpaired) electrons. The molecule has 2 saturated carbocycles. The van der Waals surface area contributed by atoms with Gasteiger partial charge in [0.25, 0.3) is 0 Å². The Bertz CT molecular complexity index is 181. The van der Waals surface area contributed by atoms with Crippen LogP contribution in [0.1, 0.15) is 45.4 Å². The average molecular weight is 213 g/mol. The summed E-state index contributed by atoms with van der Waals surface area (Å²) in [5.41, 5.74) is 0. The van der Waals surface area contributed by atoms with Gasteiger partial charge in [0, 0.05) is 17.3 Å². The Morgan fingerprint density at radius 2 is 1.79 bits per heavy atom. The summed E-state index contributed by atoms with van der Waals surface area (Å²) in [6.07, 6.45) is 10.8. The van der Waals surface area contributed by atoms with Crippen molar-refractivity contribution in [2.75, 3.05) is 6.26 Å². The molecule has 1 N–H and O–H groups in total. The first kappa shape index (κ1) is 10.8. The maximum Gasteiger partial charge on any atom is 0.0199 e. The van der Waals surface area contributed by atoms with E-state index in [9.17, 15) is 0 Å². The third-order valence-corrected chi connectivity index (χ3v) is 5.22. The van der Waals surface area contributed by atoms with Crippen LogP contribution in [-0.2, 0) is 0 Å². The van der Waals surface area contributed by atoms with Gasteiger partial charge in [-0.05, 0) is 37.9 Å². The zero-order valence-corrected chi connectivity index (χ0v) is 10.3. The van der Waals surface area contributed by atoms with E-state index in [1.807, 2.05) is 11.8 Å². The zero-order valence-electron chi connectivity index (χ0n) is 9.46. The molecule has 0 bridgehead atoms. The van der Waals surface area contributed by atoms with Gasteiger partial charge in [0.1, 0.15) is 0 Å². The lowest BCUT2D eigenvalue weighted by Crippen LogP contribution is -2.52. The molecule has 4 atom stereocenters.